The standard InChI is InChI=1S/C13H17FN2O2S3/c1-2-21(17,18)12-8-20-6-5-16(12)9-3-4-10(13(15)19)11(14)7-9/h3-4,7,12H,2,5-6,8H2,1H3,(H2,15,19). The van der Waals surface area contributed by atoms with Crippen LogP contribution in [0.2, 0.25) is 0 Å². The molecule has 116 valence electrons. The Morgan fingerprint density at radius 1 is 1.57 bits per heavy atom. The summed E-state index contributed by atoms with van der Waals surface area (Å²) in [4.78, 5) is 1.74. The van der Waals surface area contributed by atoms with Gasteiger partial charge < -0.3 is 10.6 Å². The van der Waals surface area contributed by atoms with E-state index in [4.69, 9.17) is 18.0 Å². The smallest absolute Gasteiger partial charge is 0.171 e. The van der Waals surface area contributed by atoms with Crippen LogP contribution in [0.3, 0.4) is 0 Å². The summed E-state index contributed by atoms with van der Waals surface area (Å²) in [6, 6.07) is 4.48. The Morgan fingerprint density at radius 3 is 2.86 bits per heavy atom. The molecule has 1 aromatic carbocycles. The molecule has 0 amide bonds. The zero-order chi connectivity index (χ0) is 15.6. The van der Waals surface area contributed by atoms with Gasteiger partial charge in [-0.1, -0.05) is 19.1 Å². The van der Waals surface area contributed by atoms with E-state index in [9.17, 15) is 12.8 Å². The Balaban J connectivity index is 2.38. The molecule has 1 aliphatic heterocycles. The van der Waals surface area contributed by atoms with Crippen molar-refractivity contribution >= 4 is 44.5 Å². The van der Waals surface area contributed by atoms with Crippen LogP contribution in [0.1, 0.15) is 12.5 Å². The van der Waals surface area contributed by atoms with Crippen molar-refractivity contribution in [3.05, 3.63) is 29.6 Å². The average molecular weight is 348 g/mol. The lowest BCUT2D eigenvalue weighted by Crippen LogP contribution is -2.48. The van der Waals surface area contributed by atoms with E-state index in [1.807, 2.05) is 0 Å². The zero-order valence-corrected chi connectivity index (χ0v) is 14.0. The summed E-state index contributed by atoms with van der Waals surface area (Å²) in [6.07, 6.45) is 0. The molecule has 0 radical (unpaired) electrons. The number of nitrogens with zero attached hydrogens (tertiary/aromatic N) is 1. The van der Waals surface area contributed by atoms with Crippen LogP contribution in [0, 0.1) is 5.82 Å². The summed E-state index contributed by atoms with van der Waals surface area (Å²) in [7, 11) is -3.23. The first-order chi connectivity index (χ1) is 9.86. The number of thioether (sulfide) groups is 1. The van der Waals surface area contributed by atoms with Crippen molar-refractivity contribution in [1.29, 1.82) is 0 Å². The molecule has 0 bridgehead atoms. The van der Waals surface area contributed by atoms with Gasteiger partial charge in [0, 0.05) is 35.1 Å². The second-order valence-electron chi connectivity index (χ2n) is 4.70. The predicted octanol–water partition coefficient (Wildman–Crippen LogP) is 1.77. The maximum absolute atomic E-state index is 14.0. The number of anilines is 1. The molecule has 0 aromatic heterocycles. The summed E-state index contributed by atoms with van der Waals surface area (Å²) in [5.74, 6) is 0.858. The van der Waals surface area contributed by atoms with Crippen LogP contribution >= 0.6 is 24.0 Å². The molecule has 8 heteroatoms. The fraction of sp³-hybridized carbons (Fsp3) is 0.462. The van der Waals surface area contributed by atoms with Gasteiger partial charge >= 0.3 is 0 Å². The highest BCUT2D eigenvalue weighted by Gasteiger charge is 2.33. The molecular formula is C13H17FN2O2S3. The second kappa shape index (κ2) is 6.50. The first kappa shape index (κ1) is 16.5. The highest BCUT2D eigenvalue weighted by molar-refractivity contribution is 8.01. The topological polar surface area (TPSA) is 63.4 Å². The highest BCUT2D eigenvalue weighted by Crippen LogP contribution is 2.28. The monoisotopic (exact) mass is 348 g/mol. The third kappa shape index (κ3) is 3.49. The van der Waals surface area contributed by atoms with Gasteiger partial charge in [0.15, 0.2) is 9.84 Å². The van der Waals surface area contributed by atoms with E-state index in [0.29, 0.717) is 18.0 Å². The van der Waals surface area contributed by atoms with Gasteiger partial charge in [0.1, 0.15) is 16.2 Å². The van der Waals surface area contributed by atoms with Crippen molar-refractivity contribution in [3.63, 3.8) is 0 Å². The summed E-state index contributed by atoms with van der Waals surface area (Å²) in [5.41, 5.74) is 6.17. The van der Waals surface area contributed by atoms with Crippen molar-refractivity contribution in [1.82, 2.24) is 0 Å². The van der Waals surface area contributed by atoms with Gasteiger partial charge in [0.25, 0.3) is 0 Å². The number of sulfone groups is 1. The molecule has 1 atom stereocenters. The molecule has 1 unspecified atom stereocenters. The molecule has 1 saturated heterocycles. The van der Waals surface area contributed by atoms with Crippen LogP contribution in [0.4, 0.5) is 10.1 Å². The number of nitrogens with two attached hydrogens (primary N) is 1. The number of thiocarbonyl (C=S) groups is 1. The van der Waals surface area contributed by atoms with Gasteiger partial charge in [0.2, 0.25) is 0 Å². The van der Waals surface area contributed by atoms with Crippen LogP contribution in [-0.2, 0) is 9.84 Å². The van der Waals surface area contributed by atoms with E-state index < -0.39 is 21.0 Å². The summed E-state index contributed by atoms with van der Waals surface area (Å²) < 4.78 is 38.4. The van der Waals surface area contributed by atoms with E-state index in [0.717, 1.165) is 5.75 Å². The Labute approximate surface area is 133 Å². The van der Waals surface area contributed by atoms with E-state index in [1.54, 1.807) is 29.7 Å². The first-order valence-electron chi connectivity index (χ1n) is 6.52. The first-order valence-corrected chi connectivity index (χ1v) is 9.80. The molecular weight excluding hydrogens is 331 g/mol. The molecule has 1 fully saturated rings. The van der Waals surface area contributed by atoms with E-state index in [1.165, 1.54) is 12.1 Å². The fourth-order valence-electron chi connectivity index (χ4n) is 2.25. The SMILES string of the molecule is CCS(=O)(=O)C1CSCCN1c1ccc(C(N)=S)c(F)c1. The van der Waals surface area contributed by atoms with Crippen LogP contribution in [-0.4, -0.2) is 42.6 Å². The molecule has 0 saturated carbocycles. The maximum atomic E-state index is 14.0. The average Bonchev–Trinajstić information content (AvgIpc) is 2.46. The third-order valence-corrected chi connectivity index (χ3v) is 6.96. The van der Waals surface area contributed by atoms with E-state index in [-0.39, 0.29) is 16.3 Å². The van der Waals surface area contributed by atoms with Crippen molar-refractivity contribution in [3.8, 4) is 0 Å². The maximum Gasteiger partial charge on any atom is 0.171 e. The fourth-order valence-corrected chi connectivity index (χ4v) is 5.41. The van der Waals surface area contributed by atoms with Crippen molar-refractivity contribution in [2.75, 3.05) is 28.7 Å². The molecule has 0 aliphatic carbocycles. The minimum absolute atomic E-state index is 0.00835. The van der Waals surface area contributed by atoms with Crippen LogP contribution < -0.4 is 10.6 Å². The quantitative estimate of drug-likeness (QED) is 0.837. The normalized spacial score (nSPS) is 19.5. The predicted molar refractivity (Wildman–Crippen MR) is 90.2 cm³/mol. The number of rotatable bonds is 4. The van der Waals surface area contributed by atoms with Crippen molar-refractivity contribution < 1.29 is 12.8 Å². The molecule has 1 aliphatic rings. The third-order valence-electron chi connectivity index (χ3n) is 3.45. The lowest BCUT2D eigenvalue weighted by atomic mass is 10.1. The van der Waals surface area contributed by atoms with Crippen LogP contribution in [0.5, 0.6) is 0 Å². The molecule has 21 heavy (non-hydrogen) atoms. The number of benzene rings is 1. The Kier molecular flexibility index (Phi) is 5.11. The summed E-state index contributed by atoms with van der Waals surface area (Å²) in [5, 5.41) is -0.615. The Morgan fingerprint density at radius 2 is 2.29 bits per heavy atom. The van der Waals surface area contributed by atoms with Crippen molar-refractivity contribution in [2.45, 2.75) is 12.3 Å². The lowest BCUT2D eigenvalue weighted by Gasteiger charge is -2.36. The van der Waals surface area contributed by atoms with Gasteiger partial charge in [0.05, 0.1) is 0 Å². The van der Waals surface area contributed by atoms with E-state index >= 15 is 0 Å². The zero-order valence-electron chi connectivity index (χ0n) is 11.6. The molecule has 2 rings (SSSR count). The van der Waals surface area contributed by atoms with Gasteiger partial charge in [-0.2, -0.15) is 11.8 Å². The molecule has 0 spiro atoms. The molecule has 1 heterocycles. The Bertz CT molecular complexity index is 649. The lowest BCUT2D eigenvalue weighted by molar-refractivity contribution is 0.578. The minimum atomic E-state index is -3.23. The van der Waals surface area contributed by atoms with Gasteiger partial charge in [-0.05, 0) is 18.2 Å². The number of hydrogen-bond acceptors (Lipinski definition) is 5. The van der Waals surface area contributed by atoms with Gasteiger partial charge in [-0.25, -0.2) is 12.8 Å². The summed E-state index contributed by atoms with van der Waals surface area (Å²) >= 11 is 6.38. The molecule has 2 N–H and O–H groups in total. The summed E-state index contributed by atoms with van der Waals surface area (Å²) in [6.45, 7) is 2.20. The second-order valence-corrected chi connectivity index (χ2v) is 8.74. The van der Waals surface area contributed by atoms with Crippen LogP contribution in [0.15, 0.2) is 18.2 Å². The molecule has 1 aromatic rings. The Hall–Kier alpha value is -0.860. The van der Waals surface area contributed by atoms with Crippen LogP contribution in [0.25, 0.3) is 0 Å². The van der Waals surface area contributed by atoms with Gasteiger partial charge in [-0.3, -0.25) is 0 Å². The largest absolute Gasteiger partial charge is 0.389 e. The minimum Gasteiger partial charge on any atom is -0.389 e. The number of halogens is 1. The van der Waals surface area contributed by atoms with E-state index in [2.05, 4.69) is 0 Å². The highest BCUT2D eigenvalue weighted by atomic mass is 32.2. The van der Waals surface area contributed by atoms with Gasteiger partial charge in [-0.15, -0.1) is 0 Å². The number of hydrogen-bond donors (Lipinski definition) is 1. The molecule has 4 nitrogen and oxygen atoms in total. The van der Waals surface area contributed by atoms with Crippen molar-refractivity contribution in [2.24, 2.45) is 5.73 Å².